The van der Waals surface area contributed by atoms with Crippen molar-refractivity contribution < 1.29 is 0 Å². The van der Waals surface area contributed by atoms with E-state index in [-0.39, 0.29) is 16.5 Å². The number of nitriles is 1. The summed E-state index contributed by atoms with van der Waals surface area (Å²) in [6.45, 7) is 15.9. The maximum absolute atomic E-state index is 13.1. The van der Waals surface area contributed by atoms with Crippen LogP contribution in [0.25, 0.3) is 21.7 Å². The Balaban J connectivity index is 1.56. The van der Waals surface area contributed by atoms with Gasteiger partial charge in [0.05, 0.1) is 33.5 Å². The van der Waals surface area contributed by atoms with E-state index in [0.29, 0.717) is 51.1 Å². The minimum Gasteiger partial charge on any atom is -0.399 e. The Kier molecular flexibility index (Phi) is 9.76. The van der Waals surface area contributed by atoms with E-state index in [1.54, 1.807) is 24.0 Å². The summed E-state index contributed by atoms with van der Waals surface area (Å²) in [6, 6.07) is 13.5. The van der Waals surface area contributed by atoms with E-state index in [2.05, 4.69) is 73.4 Å². The summed E-state index contributed by atoms with van der Waals surface area (Å²) in [5.74, 6) is 0. The summed E-state index contributed by atoms with van der Waals surface area (Å²) in [5, 5.41) is 23.3. The van der Waals surface area contributed by atoms with Gasteiger partial charge >= 0.3 is 0 Å². The molecule has 9 nitrogen and oxygen atoms in total. The van der Waals surface area contributed by atoms with Crippen LogP contribution in [0.15, 0.2) is 65.5 Å². The molecule has 4 aromatic rings. The molecule has 47 heavy (non-hydrogen) atoms. The van der Waals surface area contributed by atoms with Gasteiger partial charge < -0.3 is 26.3 Å². The van der Waals surface area contributed by atoms with Crippen molar-refractivity contribution in [1.82, 2.24) is 19.8 Å². The number of aryl methyl sites for hydroxylation is 1. The molecular formula is C37H47ClN8O. The highest BCUT2D eigenvalue weighted by atomic mass is 35.5. The Bertz CT molecular complexity index is 1900. The molecule has 0 unspecified atom stereocenters. The van der Waals surface area contributed by atoms with Gasteiger partial charge in [0.2, 0.25) is 0 Å². The first kappa shape index (κ1) is 34.1. The zero-order chi connectivity index (χ0) is 34.1. The standard InChI is InChI=1S/C37H47ClN8O/c1-36(2,3)22-43-32-23(19-39)20-42-33-29(32)17-25(18-30(33)38)44-34(27-9-8-10-28-26(27)13-14-45(7)35(28)47)31(40)21-41-24-11-15-46(16-12-24)37(4,5)6/h8-10,13-14,17-18,20-21,24,34,41,44H,11-12,15-16,22,40H2,1-7H3,(H,42,43)/b31-21-/t34-/m0/s1. The van der Waals surface area contributed by atoms with Crippen LogP contribution in [0.4, 0.5) is 11.4 Å². The van der Waals surface area contributed by atoms with E-state index in [1.807, 2.05) is 42.6 Å². The Hall–Kier alpha value is -4.26. The normalized spacial score (nSPS) is 15.9. The van der Waals surface area contributed by atoms with Crippen molar-refractivity contribution in [2.24, 2.45) is 18.2 Å². The van der Waals surface area contributed by atoms with Crippen molar-refractivity contribution in [2.75, 3.05) is 30.3 Å². The average Bonchev–Trinajstić information content (AvgIpc) is 3.02. The minimum atomic E-state index is -0.500. The molecule has 0 saturated carbocycles. The molecule has 1 aliphatic heterocycles. The third-order valence-corrected chi connectivity index (χ3v) is 9.17. The van der Waals surface area contributed by atoms with Gasteiger partial charge in [-0.15, -0.1) is 0 Å². The molecule has 2 aromatic heterocycles. The van der Waals surface area contributed by atoms with E-state index in [1.165, 1.54) is 0 Å². The molecule has 10 heteroatoms. The summed E-state index contributed by atoms with van der Waals surface area (Å²) in [5.41, 5.74) is 10.9. The van der Waals surface area contributed by atoms with Crippen LogP contribution in [0.2, 0.25) is 5.02 Å². The number of benzene rings is 2. The van der Waals surface area contributed by atoms with Crippen molar-refractivity contribution in [3.63, 3.8) is 0 Å². The number of hydrogen-bond acceptors (Lipinski definition) is 8. The number of rotatable bonds is 8. The van der Waals surface area contributed by atoms with Crippen molar-refractivity contribution in [2.45, 2.75) is 72.0 Å². The van der Waals surface area contributed by atoms with Crippen LogP contribution in [-0.4, -0.2) is 45.7 Å². The highest BCUT2D eigenvalue weighted by Crippen LogP contribution is 2.36. The van der Waals surface area contributed by atoms with Gasteiger partial charge in [-0.1, -0.05) is 44.5 Å². The second kappa shape index (κ2) is 13.5. The van der Waals surface area contributed by atoms with Gasteiger partial charge in [-0.25, -0.2) is 0 Å². The van der Waals surface area contributed by atoms with Gasteiger partial charge in [-0.05, 0) is 74.2 Å². The summed E-state index contributed by atoms with van der Waals surface area (Å²) in [7, 11) is 1.75. The van der Waals surface area contributed by atoms with Crippen LogP contribution >= 0.6 is 11.6 Å². The molecule has 5 rings (SSSR count). The van der Waals surface area contributed by atoms with Crippen LogP contribution < -0.4 is 27.2 Å². The summed E-state index contributed by atoms with van der Waals surface area (Å²) >= 11 is 6.85. The maximum atomic E-state index is 13.1. The Morgan fingerprint density at radius 2 is 1.85 bits per heavy atom. The van der Waals surface area contributed by atoms with Crippen molar-refractivity contribution in [3.05, 3.63) is 87.2 Å². The average molecular weight is 655 g/mol. The highest BCUT2D eigenvalue weighted by molar-refractivity contribution is 6.35. The molecule has 1 fully saturated rings. The molecule has 5 N–H and O–H groups in total. The fraction of sp³-hybridized carbons (Fsp3) is 0.432. The van der Waals surface area contributed by atoms with E-state index in [4.69, 9.17) is 17.3 Å². The van der Waals surface area contributed by atoms with Crippen LogP contribution in [0.1, 0.15) is 71.6 Å². The summed E-state index contributed by atoms with van der Waals surface area (Å²) in [6.07, 6.45) is 7.28. The van der Waals surface area contributed by atoms with Crippen molar-refractivity contribution >= 4 is 44.7 Å². The van der Waals surface area contributed by atoms with E-state index in [9.17, 15) is 10.1 Å². The smallest absolute Gasteiger partial charge is 0.258 e. The van der Waals surface area contributed by atoms with Gasteiger partial charge in [0.25, 0.3) is 5.56 Å². The zero-order valence-electron chi connectivity index (χ0n) is 28.5. The predicted molar refractivity (Wildman–Crippen MR) is 195 cm³/mol. The monoisotopic (exact) mass is 654 g/mol. The Morgan fingerprint density at radius 1 is 1.13 bits per heavy atom. The summed E-state index contributed by atoms with van der Waals surface area (Å²) in [4.78, 5) is 20.1. The molecule has 3 heterocycles. The number of nitrogens with zero attached hydrogens (tertiary/aromatic N) is 4. The lowest BCUT2D eigenvalue weighted by Gasteiger charge is -2.41. The number of aromatic nitrogens is 2. The fourth-order valence-electron chi connectivity index (χ4n) is 6.14. The van der Waals surface area contributed by atoms with Crippen LogP contribution in [-0.2, 0) is 7.05 Å². The predicted octanol–water partition coefficient (Wildman–Crippen LogP) is 6.88. The fourth-order valence-corrected chi connectivity index (χ4v) is 6.41. The van der Waals surface area contributed by atoms with Gasteiger partial charge in [0, 0.05) is 73.3 Å². The topological polar surface area (TPSA) is 124 Å². The molecule has 0 spiro atoms. The lowest BCUT2D eigenvalue weighted by Crippen LogP contribution is -2.49. The number of hydrogen-bond donors (Lipinski definition) is 4. The number of piperidine rings is 1. The highest BCUT2D eigenvalue weighted by Gasteiger charge is 2.27. The number of nitrogens with one attached hydrogen (secondary N) is 3. The second-order valence-corrected chi connectivity index (χ2v) is 15.2. The first-order valence-corrected chi connectivity index (χ1v) is 16.6. The quantitative estimate of drug-likeness (QED) is 0.162. The lowest BCUT2D eigenvalue weighted by atomic mass is 9.96. The number of anilines is 2. The number of pyridine rings is 2. The molecule has 0 amide bonds. The van der Waals surface area contributed by atoms with E-state index in [0.717, 1.165) is 42.3 Å². The van der Waals surface area contributed by atoms with Gasteiger partial charge in [0.1, 0.15) is 6.07 Å². The molecule has 1 aliphatic rings. The Labute approximate surface area is 282 Å². The SMILES string of the molecule is Cn1ccc2c([C@H](Nc3cc(Cl)c4ncc(C#N)c(NCC(C)(C)C)c4c3)/C(N)=C/NC3CCN(C(C)(C)C)CC3)cccc2c1=O. The van der Waals surface area contributed by atoms with Gasteiger partial charge in [-0.2, -0.15) is 5.26 Å². The molecule has 1 atom stereocenters. The van der Waals surface area contributed by atoms with Crippen LogP contribution in [0.5, 0.6) is 0 Å². The zero-order valence-corrected chi connectivity index (χ0v) is 29.3. The Morgan fingerprint density at radius 3 is 2.51 bits per heavy atom. The third kappa shape index (κ3) is 7.66. The van der Waals surface area contributed by atoms with Gasteiger partial charge in [0.15, 0.2) is 0 Å². The molecule has 0 radical (unpaired) electrons. The number of nitrogens with two attached hydrogens (primary N) is 1. The maximum Gasteiger partial charge on any atom is 0.258 e. The number of fused-ring (bicyclic) bond motifs is 2. The molecule has 0 aliphatic carbocycles. The molecule has 2 aromatic carbocycles. The largest absolute Gasteiger partial charge is 0.399 e. The lowest BCUT2D eigenvalue weighted by molar-refractivity contribution is 0.0988. The van der Waals surface area contributed by atoms with Crippen molar-refractivity contribution in [1.29, 1.82) is 5.26 Å². The summed E-state index contributed by atoms with van der Waals surface area (Å²) < 4.78 is 1.58. The van der Waals surface area contributed by atoms with E-state index < -0.39 is 6.04 Å². The number of likely N-dealkylation sites (tertiary alicyclic amines) is 1. The molecule has 1 saturated heterocycles. The van der Waals surface area contributed by atoms with Gasteiger partial charge in [-0.3, -0.25) is 14.7 Å². The second-order valence-electron chi connectivity index (χ2n) is 14.8. The van der Waals surface area contributed by atoms with Crippen molar-refractivity contribution in [3.8, 4) is 6.07 Å². The van der Waals surface area contributed by atoms with E-state index >= 15 is 0 Å². The first-order valence-electron chi connectivity index (χ1n) is 16.2. The third-order valence-electron chi connectivity index (χ3n) is 8.88. The minimum absolute atomic E-state index is 0.0197. The van der Waals surface area contributed by atoms with Crippen LogP contribution in [0, 0.1) is 16.7 Å². The number of halogens is 1. The molecule has 0 bridgehead atoms. The first-order chi connectivity index (χ1) is 22.2. The van der Waals surface area contributed by atoms with Crippen LogP contribution in [0.3, 0.4) is 0 Å². The molecule has 248 valence electrons. The molecular weight excluding hydrogens is 608 g/mol.